The number of aryl methyl sites for hydroxylation is 1. The first kappa shape index (κ1) is 18.2. The minimum Gasteiger partial charge on any atom is -0.494 e. The second kappa shape index (κ2) is 9.20. The fraction of sp³-hybridized carbons (Fsp3) is 0.300. The van der Waals surface area contributed by atoms with Gasteiger partial charge in [0.05, 0.1) is 18.2 Å². The number of hydrogen-bond acceptors (Lipinski definition) is 4. The second-order valence-electron chi connectivity index (χ2n) is 5.91. The van der Waals surface area contributed by atoms with E-state index in [-0.39, 0.29) is 0 Å². The lowest BCUT2D eigenvalue weighted by Gasteiger charge is -2.11. The van der Waals surface area contributed by atoms with E-state index in [1.165, 1.54) is 15.6 Å². The summed E-state index contributed by atoms with van der Waals surface area (Å²) in [5.41, 5.74) is 0. The van der Waals surface area contributed by atoms with Crippen molar-refractivity contribution in [1.82, 2.24) is 15.6 Å². The van der Waals surface area contributed by atoms with Crippen molar-refractivity contribution >= 4 is 28.1 Å². The van der Waals surface area contributed by atoms with Crippen LogP contribution in [0.15, 0.2) is 53.7 Å². The average molecular weight is 369 g/mol. The first-order valence-corrected chi connectivity index (χ1v) is 9.53. The van der Waals surface area contributed by atoms with Gasteiger partial charge in [-0.3, -0.25) is 4.99 Å². The van der Waals surface area contributed by atoms with Crippen LogP contribution in [-0.4, -0.2) is 31.1 Å². The molecule has 0 saturated carbocycles. The summed E-state index contributed by atoms with van der Waals surface area (Å²) in [6.45, 7) is 4.21. The summed E-state index contributed by atoms with van der Waals surface area (Å²) in [5.74, 6) is 1.70. The van der Waals surface area contributed by atoms with Gasteiger partial charge in [0, 0.05) is 24.7 Å². The second-order valence-corrected chi connectivity index (χ2v) is 7.23. The third-order valence-electron chi connectivity index (χ3n) is 3.93. The topological polar surface area (TPSA) is 58.5 Å². The molecule has 6 heteroatoms. The quantitative estimate of drug-likeness (QED) is 0.379. The first-order chi connectivity index (χ1) is 12.7. The number of rotatable bonds is 7. The molecule has 26 heavy (non-hydrogen) atoms. The van der Waals surface area contributed by atoms with Crippen LogP contribution in [0.25, 0.3) is 10.8 Å². The number of thiazole rings is 1. The lowest BCUT2D eigenvalue weighted by Crippen LogP contribution is -2.37. The molecule has 1 aromatic heterocycles. The molecule has 0 fully saturated rings. The molecule has 5 nitrogen and oxygen atoms in total. The van der Waals surface area contributed by atoms with Crippen molar-refractivity contribution in [2.45, 2.75) is 19.9 Å². The van der Waals surface area contributed by atoms with Crippen LogP contribution in [0.5, 0.6) is 5.75 Å². The summed E-state index contributed by atoms with van der Waals surface area (Å²) in [4.78, 5) is 9.69. The Hall–Kier alpha value is -2.60. The maximum absolute atomic E-state index is 5.85. The van der Waals surface area contributed by atoms with Crippen molar-refractivity contribution in [3.8, 4) is 5.75 Å². The smallest absolute Gasteiger partial charge is 0.191 e. The number of ether oxygens (including phenoxy) is 1. The van der Waals surface area contributed by atoms with E-state index in [4.69, 9.17) is 4.74 Å². The lowest BCUT2D eigenvalue weighted by molar-refractivity contribution is 0.311. The summed E-state index contributed by atoms with van der Waals surface area (Å²) in [6.07, 6.45) is 2.80. The molecule has 1 heterocycles. The molecular formula is C20H24N4OS. The Morgan fingerprint density at radius 3 is 2.77 bits per heavy atom. The highest BCUT2D eigenvalue weighted by Gasteiger charge is 2.01. The summed E-state index contributed by atoms with van der Waals surface area (Å²) < 4.78 is 5.85. The van der Waals surface area contributed by atoms with Crippen molar-refractivity contribution < 1.29 is 4.74 Å². The minimum absolute atomic E-state index is 0.663. The molecule has 2 N–H and O–H groups in total. The molecule has 0 bridgehead atoms. The molecule has 0 spiro atoms. The summed E-state index contributed by atoms with van der Waals surface area (Å²) in [6, 6.07) is 14.5. The molecule has 2 aromatic carbocycles. The Bertz CT molecular complexity index is 875. The van der Waals surface area contributed by atoms with Crippen molar-refractivity contribution in [3.63, 3.8) is 0 Å². The molecule has 0 unspecified atom stereocenters. The number of aliphatic imine (C=N–C) groups is 1. The Kier molecular flexibility index (Phi) is 6.44. The normalized spacial score (nSPS) is 11.5. The number of benzene rings is 2. The lowest BCUT2D eigenvalue weighted by atomic mass is 10.1. The summed E-state index contributed by atoms with van der Waals surface area (Å²) in [5, 5.41) is 10.1. The van der Waals surface area contributed by atoms with Gasteiger partial charge in [0.2, 0.25) is 0 Å². The van der Waals surface area contributed by atoms with Gasteiger partial charge >= 0.3 is 0 Å². The molecule has 136 valence electrons. The molecule has 3 aromatic rings. The monoisotopic (exact) mass is 368 g/mol. The Labute approximate surface area is 158 Å². The zero-order chi connectivity index (χ0) is 18.2. The summed E-state index contributed by atoms with van der Waals surface area (Å²) >= 11 is 1.69. The van der Waals surface area contributed by atoms with Gasteiger partial charge in [0.15, 0.2) is 5.96 Å². The van der Waals surface area contributed by atoms with Crippen LogP contribution < -0.4 is 15.4 Å². The Morgan fingerprint density at radius 2 is 2.00 bits per heavy atom. The van der Waals surface area contributed by atoms with Crippen LogP contribution in [0, 0.1) is 6.92 Å². The molecule has 0 aliphatic rings. The van der Waals surface area contributed by atoms with Crippen molar-refractivity contribution in [2.24, 2.45) is 4.99 Å². The van der Waals surface area contributed by atoms with Crippen LogP contribution in [0.1, 0.15) is 16.3 Å². The Balaban J connectivity index is 1.37. The van der Waals surface area contributed by atoms with Crippen molar-refractivity contribution in [1.29, 1.82) is 0 Å². The number of fused-ring (bicyclic) bond motifs is 1. The molecule has 3 rings (SSSR count). The molecule has 0 saturated heterocycles. The van der Waals surface area contributed by atoms with E-state index < -0.39 is 0 Å². The fourth-order valence-corrected chi connectivity index (χ4v) is 3.34. The molecule has 0 atom stereocenters. The van der Waals surface area contributed by atoms with Gasteiger partial charge in [0.1, 0.15) is 5.75 Å². The maximum Gasteiger partial charge on any atom is 0.191 e. The van der Waals surface area contributed by atoms with Gasteiger partial charge in [0.25, 0.3) is 0 Å². The highest BCUT2D eigenvalue weighted by molar-refractivity contribution is 7.11. The van der Waals surface area contributed by atoms with Gasteiger partial charge in [-0.05, 0) is 36.2 Å². The molecular weight excluding hydrogens is 344 g/mol. The molecule has 0 aliphatic carbocycles. The molecule has 0 amide bonds. The van der Waals surface area contributed by atoms with E-state index in [1.54, 1.807) is 18.4 Å². The number of hydrogen-bond donors (Lipinski definition) is 2. The zero-order valence-corrected chi connectivity index (χ0v) is 16.0. The van der Waals surface area contributed by atoms with Crippen LogP contribution in [0.4, 0.5) is 0 Å². The number of aromatic nitrogens is 1. The third kappa shape index (κ3) is 5.20. The molecule has 0 aliphatic heterocycles. The van der Waals surface area contributed by atoms with E-state index in [0.29, 0.717) is 6.61 Å². The largest absolute Gasteiger partial charge is 0.494 e. The highest BCUT2D eigenvalue weighted by Crippen LogP contribution is 2.20. The van der Waals surface area contributed by atoms with Gasteiger partial charge in [-0.25, -0.2) is 4.98 Å². The van der Waals surface area contributed by atoms with Gasteiger partial charge in [-0.2, -0.15) is 0 Å². The summed E-state index contributed by atoms with van der Waals surface area (Å²) in [7, 11) is 1.78. The highest BCUT2D eigenvalue weighted by atomic mass is 32.1. The average Bonchev–Trinajstić information content (AvgIpc) is 3.09. The van der Waals surface area contributed by atoms with Crippen LogP contribution in [0.2, 0.25) is 0 Å². The zero-order valence-electron chi connectivity index (χ0n) is 15.2. The molecule has 0 radical (unpaired) electrons. The SMILES string of the molecule is CN=C(NCCCOc1ccc2ccccc2c1)NCc1cnc(C)s1. The number of nitrogens with one attached hydrogen (secondary N) is 2. The van der Waals surface area contributed by atoms with Crippen LogP contribution in [0.3, 0.4) is 0 Å². The van der Waals surface area contributed by atoms with E-state index in [0.717, 1.165) is 36.2 Å². The van der Waals surface area contributed by atoms with E-state index in [9.17, 15) is 0 Å². The maximum atomic E-state index is 5.85. The van der Waals surface area contributed by atoms with Crippen LogP contribution >= 0.6 is 11.3 Å². The number of nitrogens with zero attached hydrogens (tertiary/aromatic N) is 2. The van der Waals surface area contributed by atoms with Crippen LogP contribution in [-0.2, 0) is 6.54 Å². The minimum atomic E-state index is 0.663. The van der Waals surface area contributed by atoms with Crippen molar-refractivity contribution in [2.75, 3.05) is 20.2 Å². The predicted octanol–water partition coefficient (Wildman–Crippen LogP) is 3.74. The first-order valence-electron chi connectivity index (χ1n) is 8.72. The van der Waals surface area contributed by atoms with Crippen molar-refractivity contribution in [3.05, 3.63) is 58.5 Å². The van der Waals surface area contributed by atoms with Gasteiger partial charge in [-0.15, -0.1) is 11.3 Å². The Morgan fingerprint density at radius 1 is 1.15 bits per heavy atom. The standard InChI is InChI=1S/C20H24N4OS/c1-15-23-13-19(26-15)14-24-20(21-2)22-10-5-11-25-18-9-8-16-6-3-4-7-17(16)12-18/h3-4,6-9,12-13H,5,10-11,14H2,1-2H3,(H2,21,22,24). The third-order valence-corrected chi connectivity index (χ3v) is 4.84. The fourth-order valence-electron chi connectivity index (χ4n) is 2.60. The van der Waals surface area contributed by atoms with Gasteiger partial charge in [-0.1, -0.05) is 30.3 Å². The van der Waals surface area contributed by atoms with Gasteiger partial charge < -0.3 is 15.4 Å². The number of guanidine groups is 1. The van der Waals surface area contributed by atoms with E-state index in [1.807, 2.05) is 31.3 Å². The predicted molar refractivity (Wildman–Crippen MR) is 109 cm³/mol. The van der Waals surface area contributed by atoms with E-state index >= 15 is 0 Å². The van der Waals surface area contributed by atoms with E-state index in [2.05, 4.69) is 44.9 Å².